The molecular formula is C13H13N3O2. The molecule has 0 unspecified atom stereocenters. The quantitative estimate of drug-likeness (QED) is 0.727. The summed E-state index contributed by atoms with van der Waals surface area (Å²) in [5.41, 5.74) is 1.69. The number of ether oxygens (including phenoxy) is 1. The Labute approximate surface area is 105 Å². The second-order valence-corrected chi connectivity index (χ2v) is 4.63. The van der Waals surface area contributed by atoms with Crippen molar-refractivity contribution < 1.29 is 9.53 Å². The third-order valence-corrected chi connectivity index (χ3v) is 3.58. The van der Waals surface area contributed by atoms with Crippen molar-refractivity contribution in [3.63, 3.8) is 0 Å². The van der Waals surface area contributed by atoms with Crippen molar-refractivity contribution in [2.24, 2.45) is 0 Å². The van der Waals surface area contributed by atoms with Crippen LogP contribution in [0.5, 0.6) is 0 Å². The molecule has 0 aliphatic carbocycles. The largest absolute Gasteiger partial charge is 0.438 e. The number of carbonyl (C=O) groups excluding carboxylic acids is 1. The van der Waals surface area contributed by atoms with Crippen LogP contribution < -0.4 is 10.6 Å². The number of fused-ring (bicyclic) bond motifs is 2. The lowest BCUT2D eigenvalue weighted by Crippen LogP contribution is -2.46. The molecule has 5 heteroatoms. The minimum atomic E-state index is -0.574. The van der Waals surface area contributed by atoms with E-state index in [1.807, 2.05) is 6.07 Å². The second-order valence-electron chi connectivity index (χ2n) is 4.63. The zero-order chi connectivity index (χ0) is 12.6. The Balaban J connectivity index is 2.12. The minimum absolute atomic E-state index is 0.408. The maximum Gasteiger partial charge on any atom is 0.412 e. The summed E-state index contributed by atoms with van der Waals surface area (Å²) in [6, 6.07) is 7.43. The van der Waals surface area contributed by atoms with Gasteiger partial charge in [-0.05, 0) is 31.3 Å². The van der Waals surface area contributed by atoms with Gasteiger partial charge < -0.3 is 10.1 Å². The van der Waals surface area contributed by atoms with Crippen LogP contribution in [0.15, 0.2) is 18.2 Å². The maximum atomic E-state index is 11.6. The van der Waals surface area contributed by atoms with Crippen LogP contribution in [0.3, 0.4) is 0 Å². The van der Waals surface area contributed by atoms with E-state index in [4.69, 9.17) is 10.00 Å². The van der Waals surface area contributed by atoms with Crippen LogP contribution in [0.1, 0.15) is 24.0 Å². The van der Waals surface area contributed by atoms with Crippen molar-refractivity contribution >= 4 is 11.8 Å². The van der Waals surface area contributed by atoms with E-state index in [1.54, 1.807) is 12.1 Å². The van der Waals surface area contributed by atoms with Gasteiger partial charge in [0.15, 0.2) is 0 Å². The number of rotatable bonds is 0. The minimum Gasteiger partial charge on any atom is -0.438 e. The SMILES string of the molecule is N#Cc1ccc2c(c1)C1(CCNCC1)OC(=O)N2. The fourth-order valence-electron chi connectivity index (χ4n) is 2.67. The fourth-order valence-corrected chi connectivity index (χ4v) is 2.67. The molecule has 1 spiro atoms. The number of hydrogen-bond acceptors (Lipinski definition) is 4. The number of benzene rings is 1. The van der Waals surface area contributed by atoms with Gasteiger partial charge in [0.25, 0.3) is 0 Å². The molecule has 3 rings (SSSR count). The number of hydrogen-bond donors (Lipinski definition) is 2. The molecule has 0 atom stereocenters. The number of anilines is 1. The Morgan fingerprint density at radius 3 is 2.83 bits per heavy atom. The molecule has 1 amide bonds. The average molecular weight is 243 g/mol. The third-order valence-electron chi connectivity index (χ3n) is 3.58. The van der Waals surface area contributed by atoms with Gasteiger partial charge in [-0.3, -0.25) is 5.32 Å². The molecule has 2 aliphatic rings. The van der Waals surface area contributed by atoms with Crippen molar-refractivity contribution in [2.75, 3.05) is 18.4 Å². The van der Waals surface area contributed by atoms with Gasteiger partial charge in [0.05, 0.1) is 17.3 Å². The van der Waals surface area contributed by atoms with Crippen LogP contribution in [-0.2, 0) is 10.3 Å². The standard InChI is InChI=1S/C13H13N3O2/c14-8-9-1-2-11-10(7-9)13(18-12(17)16-11)3-5-15-6-4-13/h1-2,7,15H,3-6H2,(H,16,17). The van der Waals surface area contributed by atoms with E-state index in [2.05, 4.69) is 16.7 Å². The zero-order valence-electron chi connectivity index (χ0n) is 9.82. The molecule has 0 radical (unpaired) electrons. The molecule has 2 heterocycles. The molecule has 2 aliphatic heterocycles. The first-order valence-electron chi connectivity index (χ1n) is 5.99. The lowest BCUT2D eigenvalue weighted by atomic mass is 9.82. The van der Waals surface area contributed by atoms with Gasteiger partial charge in [-0.2, -0.15) is 5.26 Å². The summed E-state index contributed by atoms with van der Waals surface area (Å²) in [4.78, 5) is 11.6. The highest BCUT2D eigenvalue weighted by molar-refractivity contribution is 5.89. The molecule has 1 fully saturated rings. The first-order chi connectivity index (χ1) is 8.73. The van der Waals surface area contributed by atoms with Crippen molar-refractivity contribution in [1.82, 2.24) is 5.32 Å². The van der Waals surface area contributed by atoms with E-state index in [1.165, 1.54) is 0 Å². The molecule has 1 aromatic rings. The summed E-state index contributed by atoms with van der Waals surface area (Å²) in [6.45, 7) is 1.62. The van der Waals surface area contributed by atoms with Gasteiger partial charge in [-0.1, -0.05) is 0 Å². The van der Waals surface area contributed by atoms with Crippen molar-refractivity contribution in [2.45, 2.75) is 18.4 Å². The normalized spacial score (nSPS) is 20.5. The van der Waals surface area contributed by atoms with Gasteiger partial charge >= 0.3 is 6.09 Å². The highest BCUT2D eigenvalue weighted by Gasteiger charge is 2.42. The number of amides is 1. The Hall–Kier alpha value is -2.06. The molecular weight excluding hydrogens is 230 g/mol. The van der Waals surface area contributed by atoms with E-state index in [-0.39, 0.29) is 0 Å². The van der Waals surface area contributed by atoms with Crippen LogP contribution in [0.2, 0.25) is 0 Å². The van der Waals surface area contributed by atoms with Gasteiger partial charge in [-0.25, -0.2) is 4.79 Å². The highest BCUT2D eigenvalue weighted by Crippen LogP contribution is 2.42. The summed E-state index contributed by atoms with van der Waals surface area (Å²) >= 11 is 0. The zero-order valence-corrected chi connectivity index (χ0v) is 9.82. The van der Waals surface area contributed by atoms with Gasteiger partial charge in [0.1, 0.15) is 5.60 Å². The van der Waals surface area contributed by atoms with Crippen LogP contribution in [-0.4, -0.2) is 19.2 Å². The van der Waals surface area contributed by atoms with Crippen LogP contribution in [0.4, 0.5) is 10.5 Å². The lowest BCUT2D eigenvalue weighted by molar-refractivity contribution is -0.0126. The van der Waals surface area contributed by atoms with Gasteiger partial charge in [0, 0.05) is 18.4 Å². The van der Waals surface area contributed by atoms with Crippen LogP contribution in [0.25, 0.3) is 0 Å². The van der Waals surface area contributed by atoms with Crippen molar-refractivity contribution in [1.29, 1.82) is 5.26 Å². The average Bonchev–Trinajstić information content (AvgIpc) is 2.39. The van der Waals surface area contributed by atoms with E-state index >= 15 is 0 Å². The van der Waals surface area contributed by atoms with Crippen LogP contribution in [0, 0.1) is 11.3 Å². The maximum absolute atomic E-state index is 11.6. The van der Waals surface area contributed by atoms with E-state index in [0.29, 0.717) is 5.56 Å². The topological polar surface area (TPSA) is 74.1 Å². The first-order valence-corrected chi connectivity index (χ1v) is 5.99. The van der Waals surface area contributed by atoms with E-state index < -0.39 is 11.7 Å². The first kappa shape index (κ1) is 11.1. The molecule has 2 N–H and O–H groups in total. The molecule has 1 saturated heterocycles. The number of piperidine rings is 1. The Morgan fingerprint density at radius 2 is 2.11 bits per heavy atom. The Kier molecular flexibility index (Phi) is 2.46. The van der Waals surface area contributed by atoms with Gasteiger partial charge in [0.2, 0.25) is 0 Å². The van der Waals surface area contributed by atoms with Crippen molar-refractivity contribution in [3.8, 4) is 6.07 Å². The molecule has 0 aromatic heterocycles. The Bertz CT molecular complexity index is 542. The smallest absolute Gasteiger partial charge is 0.412 e. The number of nitrogens with one attached hydrogen (secondary N) is 2. The summed E-state index contributed by atoms with van der Waals surface area (Å²) in [5.74, 6) is 0. The predicted octanol–water partition coefficient (Wildman–Crippen LogP) is 1.70. The molecule has 92 valence electrons. The number of carbonyl (C=O) groups is 1. The summed E-state index contributed by atoms with van der Waals surface area (Å²) in [7, 11) is 0. The molecule has 18 heavy (non-hydrogen) atoms. The van der Waals surface area contributed by atoms with Crippen molar-refractivity contribution in [3.05, 3.63) is 29.3 Å². The van der Waals surface area contributed by atoms with E-state index in [9.17, 15) is 4.79 Å². The monoisotopic (exact) mass is 243 g/mol. The summed E-state index contributed by atoms with van der Waals surface area (Å²) < 4.78 is 5.54. The highest BCUT2D eigenvalue weighted by atomic mass is 16.6. The molecule has 1 aromatic carbocycles. The Morgan fingerprint density at radius 1 is 1.33 bits per heavy atom. The molecule has 0 bridgehead atoms. The van der Waals surface area contributed by atoms with Crippen LogP contribution >= 0.6 is 0 Å². The number of nitriles is 1. The summed E-state index contributed by atoms with van der Waals surface area (Å²) in [5, 5.41) is 14.9. The van der Waals surface area contributed by atoms with E-state index in [0.717, 1.165) is 37.2 Å². The summed E-state index contributed by atoms with van der Waals surface area (Å²) in [6.07, 6.45) is 1.07. The lowest BCUT2D eigenvalue weighted by Gasteiger charge is -2.41. The molecule has 5 nitrogen and oxygen atoms in total. The number of nitrogens with zero attached hydrogens (tertiary/aromatic N) is 1. The predicted molar refractivity (Wildman–Crippen MR) is 65.0 cm³/mol. The second kappa shape index (κ2) is 4.00. The molecule has 0 saturated carbocycles. The van der Waals surface area contributed by atoms with Gasteiger partial charge in [-0.15, -0.1) is 0 Å². The third kappa shape index (κ3) is 1.62. The fraction of sp³-hybridized carbons (Fsp3) is 0.385.